The molecule has 0 amide bonds. The summed E-state index contributed by atoms with van der Waals surface area (Å²) in [4.78, 5) is 71.1. The van der Waals surface area contributed by atoms with Crippen LogP contribution in [0.15, 0.2) is 275 Å². The first kappa shape index (κ1) is 114. The van der Waals surface area contributed by atoms with E-state index < -0.39 is 23.9 Å². The number of hydrogen-bond donors (Lipinski definition) is 0. The summed E-state index contributed by atoms with van der Waals surface area (Å²) in [5, 5.41) is 0.489. The number of ether oxygens (including phenoxy) is 4. The molecular weight excluding hydrogens is 1820 g/mol. The Balaban J connectivity index is 0.000000297. The Morgan fingerprint density at radius 2 is 0.451 bits per heavy atom. The Labute approximate surface area is 874 Å². The normalized spacial score (nSPS) is 11.5. The van der Waals surface area contributed by atoms with Crippen molar-refractivity contribution in [3.63, 3.8) is 0 Å². The Bertz CT molecular complexity index is 5560. The molecule has 0 atom stereocenters. The van der Waals surface area contributed by atoms with Gasteiger partial charge in [0.15, 0.2) is 5.75 Å². The monoisotopic (exact) mass is 1980 g/mol. The van der Waals surface area contributed by atoms with Crippen LogP contribution in [0.2, 0.25) is 10.0 Å². The lowest BCUT2D eigenvalue weighted by atomic mass is 10.0. The summed E-state index contributed by atoms with van der Waals surface area (Å²) in [6.45, 7) is 9.11. The van der Waals surface area contributed by atoms with Gasteiger partial charge in [0, 0.05) is 30.9 Å². The van der Waals surface area contributed by atoms with Crippen LogP contribution in [0.25, 0.3) is 11.1 Å². The number of unbranched alkanes of at least 4 members (excludes halogenated alkanes) is 44. The molecular formula is C130H162Cl2N4O8. The molecule has 0 aliphatic carbocycles. The lowest BCUT2D eigenvalue weighted by Crippen LogP contribution is -2.10. The van der Waals surface area contributed by atoms with Crippen molar-refractivity contribution in [2.24, 2.45) is 20.0 Å². The van der Waals surface area contributed by atoms with E-state index in [0.717, 1.165) is 81.8 Å². The van der Waals surface area contributed by atoms with E-state index in [4.69, 9.17) is 42.1 Å². The van der Waals surface area contributed by atoms with Gasteiger partial charge in [-0.05, 0) is 240 Å². The minimum atomic E-state index is -0.587. The van der Waals surface area contributed by atoms with Gasteiger partial charge in [-0.2, -0.15) is 0 Å². The molecule has 0 radical (unpaired) electrons. The van der Waals surface area contributed by atoms with Gasteiger partial charge in [-0.3, -0.25) is 20.0 Å². The van der Waals surface area contributed by atoms with Gasteiger partial charge in [0.1, 0.15) is 17.2 Å². The van der Waals surface area contributed by atoms with E-state index in [1.54, 1.807) is 97.5 Å². The largest absolute Gasteiger partial charge is 0.423 e. The predicted molar refractivity (Wildman–Crippen MR) is 608 cm³/mol. The van der Waals surface area contributed by atoms with E-state index in [1.807, 2.05) is 72.9 Å². The lowest BCUT2D eigenvalue weighted by molar-refractivity contribution is 0.0718. The number of nitrogens with zero attached hydrogens (tertiary/aromatic N) is 4. The Morgan fingerprint density at radius 1 is 0.215 bits per heavy atom. The smallest absolute Gasteiger partial charge is 0.343 e. The van der Waals surface area contributed by atoms with Gasteiger partial charge in [0.2, 0.25) is 0 Å². The Kier molecular flexibility index (Phi) is 55.9. The van der Waals surface area contributed by atoms with Gasteiger partial charge in [0.25, 0.3) is 0 Å². The summed E-state index contributed by atoms with van der Waals surface area (Å²) in [5.74, 6) is -1.20. The molecule has 0 N–H and O–H groups in total. The van der Waals surface area contributed by atoms with E-state index in [1.165, 1.54) is 343 Å². The fourth-order valence-electron chi connectivity index (χ4n) is 17.9. The topological polar surface area (TPSA) is 155 Å². The summed E-state index contributed by atoms with van der Waals surface area (Å²) in [6.07, 6.45) is 76.8. The van der Waals surface area contributed by atoms with E-state index in [2.05, 4.69) is 145 Å². The third-order valence-electron chi connectivity index (χ3n) is 26.9. The third-order valence-corrected chi connectivity index (χ3v) is 27.5. The summed E-state index contributed by atoms with van der Waals surface area (Å²) < 4.78 is 22.8. The molecule has 0 heterocycles. The first-order valence-electron chi connectivity index (χ1n) is 55.3. The molecule has 12 nitrogen and oxygen atoms in total. The molecule has 11 rings (SSSR count). The quantitative estimate of drug-likeness (QED) is 0.0158. The van der Waals surface area contributed by atoms with Crippen molar-refractivity contribution in [1.82, 2.24) is 0 Å². The fourth-order valence-corrected chi connectivity index (χ4v) is 18.2. The molecule has 0 unspecified atom stereocenters. The molecule has 764 valence electrons. The standard InChI is InChI=1S/C68H83ClN2O4.C62H79ClN2O4/c1-3-5-7-9-11-13-15-17-19-21-23-25-28-54-36-45-62(46-37-54)70-52-56-32-40-58(41-33-56)67(72)74-64-31-27-30-60(50-64)61-44-49-66(65(69)51-61)75-68(73)59-42-34-57(35-43-59)53-71-63-47-38-55(39-48-63)29-26-24-22-20-18-16-14-12-10-8-6-4-2;1-3-5-7-9-11-13-15-17-19-21-23-25-27-50-33-41-56(42-34-50)64-48-52-29-37-54(38-30-52)61(66)68-58-45-46-59(63)60(47-58)69-62(67)55-39-31-53(32-40-55)49-65-57-43-35-51(36-44-57)28-26-24-22-20-18-16-14-12-10-8-6-4-2/h27,30-53H,3-26,28-29H2,1-2H3;29-49H,3-28H2,1-2H3. The van der Waals surface area contributed by atoms with Crippen LogP contribution in [0.4, 0.5) is 22.7 Å². The van der Waals surface area contributed by atoms with Crippen LogP contribution >= 0.6 is 23.2 Å². The molecule has 0 aliphatic rings. The third kappa shape index (κ3) is 46.7. The maximum Gasteiger partial charge on any atom is 0.343 e. The molecule has 0 fully saturated rings. The summed E-state index contributed by atoms with van der Waals surface area (Å²) >= 11 is 13.1. The predicted octanol–water partition coefficient (Wildman–Crippen LogP) is 39.2. The van der Waals surface area contributed by atoms with E-state index >= 15 is 0 Å². The molecule has 144 heavy (non-hydrogen) atoms. The van der Waals surface area contributed by atoms with Crippen molar-refractivity contribution >= 4 is 94.7 Å². The van der Waals surface area contributed by atoms with E-state index in [0.29, 0.717) is 28.0 Å². The summed E-state index contributed by atoms with van der Waals surface area (Å²) in [7, 11) is 0. The van der Waals surface area contributed by atoms with Crippen LogP contribution in [-0.4, -0.2) is 48.7 Å². The zero-order valence-corrected chi connectivity index (χ0v) is 88.7. The van der Waals surface area contributed by atoms with E-state index in [-0.39, 0.29) is 27.3 Å². The number of halogens is 2. The van der Waals surface area contributed by atoms with Gasteiger partial charge in [-0.1, -0.05) is 449 Å². The molecule has 14 heteroatoms. The molecule has 0 spiro atoms. The van der Waals surface area contributed by atoms with Crippen LogP contribution in [-0.2, 0) is 25.7 Å². The van der Waals surface area contributed by atoms with Crippen LogP contribution in [0, 0.1) is 0 Å². The molecule has 11 aromatic carbocycles. The number of carbonyl (C=O) groups is 4. The van der Waals surface area contributed by atoms with Gasteiger partial charge in [-0.25, -0.2) is 19.2 Å². The van der Waals surface area contributed by atoms with Crippen LogP contribution in [0.5, 0.6) is 23.0 Å². The molecule has 0 saturated heterocycles. The SMILES string of the molecule is CCCCCCCCCCCCCCc1ccc(N=Cc2ccc(C(=O)Oc3ccc(Cl)c(OC(=O)c4ccc(C=Nc5ccc(CCCCCCCCCCCCCC)cc5)cc4)c3)cc2)cc1.CCCCCCCCCCCCCCc1ccc(N=Cc2ccc(C(=O)Oc3cccc(-c4ccc(OC(=O)c5ccc(C=Nc6ccc(CCCCCCCCCCCCCC)cc6)cc5)c(Cl)c4)c3)cc2)cc1. The highest BCUT2D eigenvalue weighted by molar-refractivity contribution is 6.32. The van der Waals surface area contributed by atoms with Crippen LogP contribution in [0.1, 0.15) is 422 Å². The van der Waals surface area contributed by atoms with Gasteiger partial charge in [0.05, 0.1) is 55.0 Å². The van der Waals surface area contributed by atoms with Crippen molar-refractivity contribution in [1.29, 1.82) is 0 Å². The highest BCUT2D eigenvalue weighted by atomic mass is 35.5. The first-order valence-corrected chi connectivity index (χ1v) is 56.0. The van der Waals surface area contributed by atoms with Crippen molar-refractivity contribution < 1.29 is 38.1 Å². The first-order chi connectivity index (χ1) is 70.8. The summed E-state index contributed by atoms with van der Waals surface area (Å²) in [6, 6.07) is 79.2. The Morgan fingerprint density at radius 3 is 0.715 bits per heavy atom. The van der Waals surface area contributed by atoms with Crippen LogP contribution in [0.3, 0.4) is 0 Å². The second-order valence-corrected chi connectivity index (χ2v) is 39.9. The number of hydrogen-bond acceptors (Lipinski definition) is 12. The number of rotatable bonds is 69. The second-order valence-electron chi connectivity index (χ2n) is 39.1. The number of benzene rings is 11. The van der Waals surface area contributed by atoms with Crippen molar-refractivity contribution in [2.45, 2.75) is 362 Å². The molecule has 11 aromatic rings. The van der Waals surface area contributed by atoms with Crippen molar-refractivity contribution in [3.8, 4) is 34.1 Å². The van der Waals surface area contributed by atoms with E-state index in [9.17, 15) is 19.2 Å². The second kappa shape index (κ2) is 70.3. The van der Waals surface area contributed by atoms with Gasteiger partial charge >= 0.3 is 23.9 Å². The minimum Gasteiger partial charge on any atom is -0.423 e. The molecule has 0 aromatic heterocycles. The minimum absolute atomic E-state index is 0.0868. The van der Waals surface area contributed by atoms with Gasteiger partial charge in [-0.15, -0.1) is 0 Å². The van der Waals surface area contributed by atoms with Crippen LogP contribution < -0.4 is 18.9 Å². The maximum absolute atomic E-state index is 13.2. The molecule has 0 saturated carbocycles. The van der Waals surface area contributed by atoms with Crippen molar-refractivity contribution in [2.75, 3.05) is 0 Å². The summed E-state index contributed by atoms with van der Waals surface area (Å²) in [5.41, 5.74) is 15.5. The molecule has 0 bridgehead atoms. The molecule has 0 aliphatic heterocycles. The lowest BCUT2D eigenvalue weighted by Gasteiger charge is -2.10. The Hall–Kier alpha value is -11.4. The average molecular weight is 1980 g/mol. The maximum atomic E-state index is 13.2. The van der Waals surface area contributed by atoms with Gasteiger partial charge < -0.3 is 18.9 Å². The fraction of sp³-hybridized carbons (Fsp3) is 0.431. The zero-order valence-electron chi connectivity index (χ0n) is 87.1. The number of aryl methyl sites for hydroxylation is 4. The van der Waals surface area contributed by atoms with Crippen molar-refractivity contribution in [3.05, 3.63) is 332 Å². The number of carbonyl (C=O) groups excluding carboxylic acids is 4. The highest BCUT2D eigenvalue weighted by Crippen LogP contribution is 2.35. The number of esters is 4. The zero-order chi connectivity index (χ0) is 101. The highest BCUT2D eigenvalue weighted by Gasteiger charge is 2.19. The average Bonchev–Trinajstić information content (AvgIpc) is 0.804. The number of aliphatic imine (C=N–C) groups is 4.